The normalized spacial score (nSPS) is 15.3. The first-order valence-corrected chi connectivity index (χ1v) is 9.43. The third-order valence-corrected chi connectivity index (χ3v) is 4.99. The van der Waals surface area contributed by atoms with Gasteiger partial charge in [0.05, 0.1) is 10.5 Å². The summed E-state index contributed by atoms with van der Waals surface area (Å²) in [6.07, 6.45) is 2.94. The molecule has 0 bridgehead atoms. The van der Waals surface area contributed by atoms with E-state index in [9.17, 15) is 28.1 Å². The van der Waals surface area contributed by atoms with Crippen molar-refractivity contribution in [2.45, 2.75) is 30.7 Å². The number of hydrogen-bond acceptors (Lipinski definition) is 7. The van der Waals surface area contributed by atoms with Gasteiger partial charge >= 0.3 is 5.97 Å². The maximum atomic E-state index is 11.9. The molecular formula is C15H18N2O7S. The Labute approximate surface area is 144 Å². The molecule has 1 aromatic rings. The number of carbonyl (C=O) groups is 2. The molecule has 0 saturated heterocycles. The summed E-state index contributed by atoms with van der Waals surface area (Å²) in [6.45, 7) is 1.35. The highest BCUT2D eigenvalue weighted by molar-refractivity contribution is 7.90. The SMILES string of the molecule is C[C@H](NC(=O)COC(=O)c1ccc(S(C)(=O)=O)c([N+](=O)[O-])c1)C1CC1. The Bertz CT molecular complexity index is 815. The molecule has 1 atom stereocenters. The van der Waals surface area contributed by atoms with Crippen LogP contribution >= 0.6 is 0 Å². The number of sulfone groups is 1. The van der Waals surface area contributed by atoms with Gasteiger partial charge in [-0.1, -0.05) is 0 Å². The van der Waals surface area contributed by atoms with Gasteiger partial charge in [0.2, 0.25) is 0 Å². The maximum absolute atomic E-state index is 11.9. The van der Waals surface area contributed by atoms with Crippen molar-refractivity contribution in [3.05, 3.63) is 33.9 Å². The van der Waals surface area contributed by atoms with Gasteiger partial charge < -0.3 is 10.1 Å². The van der Waals surface area contributed by atoms with Crippen molar-refractivity contribution in [1.29, 1.82) is 0 Å². The Morgan fingerprint density at radius 1 is 1.40 bits per heavy atom. The molecule has 1 aliphatic carbocycles. The highest BCUT2D eigenvalue weighted by Gasteiger charge is 2.29. The molecule has 0 heterocycles. The summed E-state index contributed by atoms with van der Waals surface area (Å²) in [4.78, 5) is 33.3. The van der Waals surface area contributed by atoms with Crippen LogP contribution in [0.25, 0.3) is 0 Å². The zero-order chi connectivity index (χ0) is 18.8. The van der Waals surface area contributed by atoms with Crippen molar-refractivity contribution in [2.75, 3.05) is 12.9 Å². The zero-order valence-electron chi connectivity index (χ0n) is 13.7. The third kappa shape index (κ3) is 4.99. The molecule has 0 aromatic heterocycles. The average Bonchev–Trinajstić information content (AvgIpc) is 3.35. The molecule has 1 aromatic carbocycles. The van der Waals surface area contributed by atoms with Gasteiger partial charge in [-0.05, 0) is 37.8 Å². The van der Waals surface area contributed by atoms with Gasteiger partial charge in [-0.2, -0.15) is 0 Å². The molecule has 1 aliphatic rings. The first-order valence-electron chi connectivity index (χ1n) is 7.54. The van der Waals surface area contributed by atoms with Crippen LogP contribution in [0.3, 0.4) is 0 Å². The number of benzene rings is 1. The van der Waals surface area contributed by atoms with Crippen molar-refractivity contribution >= 4 is 27.4 Å². The quantitative estimate of drug-likeness (QED) is 0.431. The fourth-order valence-electron chi connectivity index (χ4n) is 2.32. The summed E-state index contributed by atoms with van der Waals surface area (Å²) in [5.41, 5.74) is -0.925. The molecule has 1 saturated carbocycles. The topological polar surface area (TPSA) is 133 Å². The Hall–Kier alpha value is -2.49. The second kappa shape index (κ2) is 7.18. The predicted octanol–water partition coefficient (Wildman–Crippen LogP) is 1.07. The lowest BCUT2D eigenvalue weighted by Crippen LogP contribution is -2.37. The molecular weight excluding hydrogens is 352 g/mol. The van der Waals surface area contributed by atoms with E-state index >= 15 is 0 Å². The van der Waals surface area contributed by atoms with Gasteiger partial charge in [0.15, 0.2) is 16.4 Å². The number of nitro benzene ring substituents is 1. The zero-order valence-corrected chi connectivity index (χ0v) is 14.5. The van der Waals surface area contributed by atoms with E-state index in [4.69, 9.17) is 4.74 Å². The van der Waals surface area contributed by atoms with Crippen LogP contribution in [0.5, 0.6) is 0 Å². The molecule has 136 valence electrons. The van der Waals surface area contributed by atoms with Crippen molar-refractivity contribution in [2.24, 2.45) is 5.92 Å². The molecule has 0 radical (unpaired) electrons. The second-order valence-electron chi connectivity index (χ2n) is 5.98. The molecule has 0 unspecified atom stereocenters. The van der Waals surface area contributed by atoms with E-state index in [0.29, 0.717) is 5.92 Å². The highest BCUT2D eigenvalue weighted by atomic mass is 32.2. The van der Waals surface area contributed by atoms with Crippen molar-refractivity contribution in [3.8, 4) is 0 Å². The number of nitrogens with zero attached hydrogens (tertiary/aromatic N) is 1. The van der Waals surface area contributed by atoms with Crippen molar-refractivity contribution < 1.29 is 27.7 Å². The summed E-state index contributed by atoms with van der Waals surface area (Å²) in [7, 11) is -3.82. The van der Waals surface area contributed by atoms with E-state index in [0.717, 1.165) is 37.3 Å². The molecule has 0 spiro atoms. The van der Waals surface area contributed by atoms with Gasteiger partial charge in [-0.25, -0.2) is 13.2 Å². The van der Waals surface area contributed by atoms with Crippen LogP contribution in [0, 0.1) is 16.0 Å². The number of esters is 1. The molecule has 1 amide bonds. The highest BCUT2D eigenvalue weighted by Crippen LogP contribution is 2.32. The third-order valence-electron chi connectivity index (χ3n) is 3.84. The van der Waals surface area contributed by atoms with Crippen LogP contribution in [-0.4, -0.2) is 44.1 Å². The molecule has 25 heavy (non-hydrogen) atoms. The number of rotatable bonds is 7. The molecule has 10 heteroatoms. The number of carbonyl (C=O) groups excluding carboxylic acids is 2. The standard InChI is InChI=1S/C15H18N2O7S/c1-9(10-3-4-10)16-14(18)8-24-15(19)11-5-6-13(25(2,22)23)12(7-11)17(20)21/h5-7,9-10H,3-4,8H2,1-2H3,(H,16,18)/t9-/m0/s1. The molecule has 0 aliphatic heterocycles. The minimum atomic E-state index is -3.82. The van der Waals surface area contributed by atoms with Crippen LogP contribution in [0.4, 0.5) is 5.69 Å². The smallest absolute Gasteiger partial charge is 0.338 e. The first-order chi connectivity index (χ1) is 11.6. The fraction of sp³-hybridized carbons (Fsp3) is 0.467. The lowest BCUT2D eigenvalue weighted by molar-refractivity contribution is -0.387. The summed E-state index contributed by atoms with van der Waals surface area (Å²) >= 11 is 0. The largest absolute Gasteiger partial charge is 0.452 e. The van der Waals surface area contributed by atoms with Gasteiger partial charge in [-0.15, -0.1) is 0 Å². The lowest BCUT2D eigenvalue weighted by atomic mass is 10.2. The second-order valence-corrected chi connectivity index (χ2v) is 7.97. The molecule has 1 N–H and O–H groups in total. The number of ether oxygens (including phenoxy) is 1. The Balaban J connectivity index is 2.05. The van der Waals surface area contributed by atoms with E-state index < -0.39 is 43.8 Å². The Morgan fingerprint density at radius 2 is 2.04 bits per heavy atom. The van der Waals surface area contributed by atoms with E-state index in [2.05, 4.69) is 5.32 Å². The van der Waals surface area contributed by atoms with Gasteiger partial charge in [0.1, 0.15) is 4.90 Å². The van der Waals surface area contributed by atoms with Crippen LogP contribution in [0.15, 0.2) is 23.1 Å². The first kappa shape index (κ1) is 18.8. The average molecular weight is 370 g/mol. The Morgan fingerprint density at radius 3 is 2.56 bits per heavy atom. The van der Waals surface area contributed by atoms with E-state index in [1.165, 1.54) is 0 Å². The fourth-order valence-corrected chi connectivity index (χ4v) is 3.15. The van der Waals surface area contributed by atoms with Crippen LogP contribution in [0.1, 0.15) is 30.1 Å². The van der Waals surface area contributed by atoms with Crippen LogP contribution in [-0.2, 0) is 19.4 Å². The number of amides is 1. The minimum Gasteiger partial charge on any atom is -0.452 e. The van der Waals surface area contributed by atoms with Crippen LogP contribution < -0.4 is 5.32 Å². The minimum absolute atomic E-state index is 0.00123. The van der Waals surface area contributed by atoms with E-state index in [1.54, 1.807) is 0 Å². The van der Waals surface area contributed by atoms with Crippen LogP contribution in [0.2, 0.25) is 0 Å². The van der Waals surface area contributed by atoms with Gasteiger partial charge in [-0.3, -0.25) is 14.9 Å². The summed E-state index contributed by atoms with van der Waals surface area (Å²) in [6, 6.07) is 2.90. The van der Waals surface area contributed by atoms with Crippen molar-refractivity contribution in [3.63, 3.8) is 0 Å². The van der Waals surface area contributed by atoms with Crippen molar-refractivity contribution in [1.82, 2.24) is 5.32 Å². The summed E-state index contributed by atoms with van der Waals surface area (Å²) in [5, 5.41) is 13.7. The molecule has 1 fully saturated rings. The van der Waals surface area contributed by atoms with Gasteiger partial charge in [0.25, 0.3) is 11.6 Å². The monoisotopic (exact) mass is 370 g/mol. The molecule has 2 rings (SSSR count). The van der Waals surface area contributed by atoms with E-state index in [-0.39, 0.29) is 11.6 Å². The summed E-state index contributed by atoms with van der Waals surface area (Å²) < 4.78 is 27.9. The Kier molecular flexibility index (Phi) is 5.41. The van der Waals surface area contributed by atoms with E-state index in [1.807, 2.05) is 6.92 Å². The predicted molar refractivity (Wildman–Crippen MR) is 86.8 cm³/mol. The maximum Gasteiger partial charge on any atom is 0.338 e. The summed E-state index contributed by atoms with van der Waals surface area (Å²) in [5.74, 6) is -0.960. The number of nitro groups is 1. The number of hydrogen-bond donors (Lipinski definition) is 1. The lowest BCUT2D eigenvalue weighted by Gasteiger charge is -2.12. The van der Waals surface area contributed by atoms with Gasteiger partial charge in [0, 0.05) is 18.4 Å². The number of nitrogens with one attached hydrogen (secondary N) is 1. The molecule has 9 nitrogen and oxygen atoms in total.